The molecule has 0 radical (unpaired) electrons. The first-order valence-electron chi connectivity index (χ1n) is 7.62. The van der Waals surface area contributed by atoms with Crippen LogP contribution in [0.2, 0.25) is 0 Å². The first-order valence-corrected chi connectivity index (χ1v) is 7.62. The molecule has 0 saturated heterocycles. The highest BCUT2D eigenvalue weighted by molar-refractivity contribution is 5.78. The second-order valence-electron chi connectivity index (χ2n) is 5.66. The van der Waals surface area contributed by atoms with Gasteiger partial charge in [0.2, 0.25) is 5.91 Å². The van der Waals surface area contributed by atoms with Crippen molar-refractivity contribution in [1.29, 1.82) is 0 Å². The van der Waals surface area contributed by atoms with Gasteiger partial charge in [0.05, 0.1) is 26.5 Å². The minimum absolute atomic E-state index is 0.0469. The maximum absolute atomic E-state index is 12.4. The van der Waals surface area contributed by atoms with Crippen LogP contribution in [0.1, 0.15) is 24.3 Å². The van der Waals surface area contributed by atoms with E-state index in [0.717, 1.165) is 17.1 Å². The lowest BCUT2D eigenvalue weighted by Crippen LogP contribution is -2.37. The quantitative estimate of drug-likeness (QED) is 0.788. The molecule has 1 atom stereocenters. The summed E-state index contributed by atoms with van der Waals surface area (Å²) in [6, 6.07) is 11.6. The fraction of sp³-hybridized carbons (Fsp3) is 0.389. The van der Waals surface area contributed by atoms with Gasteiger partial charge >= 0.3 is 0 Å². The number of furan rings is 1. The molecule has 1 heterocycles. The van der Waals surface area contributed by atoms with Gasteiger partial charge in [-0.3, -0.25) is 9.69 Å². The Balaban J connectivity index is 1.97. The highest BCUT2D eigenvalue weighted by Gasteiger charge is 2.20. The smallest absolute Gasteiger partial charge is 0.236 e. The minimum atomic E-state index is 0.0469. The van der Waals surface area contributed by atoms with Crippen LogP contribution in [0.3, 0.4) is 0 Å². The van der Waals surface area contributed by atoms with Crippen molar-refractivity contribution in [2.75, 3.05) is 27.7 Å². The van der Waals surface area contributed by atoms with E-state index >= 15 is 0 Å². The molecule has 1 aromatic heterocycles. The Morgan fingerprint density at radius 3 is 2.61 bits per heavy atom. The third kappa shape index (κ3) is 4.36. The van der Waals surface area contributed by atoms with Gasteiger partial charge in [0.15, 0.2) is 0 Å². The molecule has 0 spiro atoms. The Morgan fingerprint density at radius 1 is 1.22 bits per heavy atom. The maximum atomic E-state index is 12.4. The number of likely N-dealkylation sites (N-methyl/N-ethyl adjacent to an activating group) is 2. The van der Waals surface area contributed by atoms with Gasteiger partial charge in [-0.15, -0.1) is 0 Å². The van der Waals surface area contributed by atoms with Gasteiger partial charge in [0.25, 0.3) is 0 Å². The monoisotopic (exact) mass is 316 g/mol. The van der Waals surface area contributed by atoms with E-state index in [4.69, 9.17) is 9.15 Å². The van der Waals surface area contributed by atoms with Crippen LogP contribution in [0.15, 0.2) is 47.1 Å². The highest BCUT2D eigenvalue weighted by Crippen LogP contribution is 2.27. The zero-order chi connectivity index (χ0) is 16.8. The van der Waals surface area contributed by atoms with E-state index in [1.54, 1.807) is 25.3 Å². The summed E-state index contributed by atoms with van der Waals surface area (Å²) in [5, 5.41) is 0. The largest absolute Gasteiger partial charge is 0.496 e. The molecule has 2 rings (SSSR count). The van der Waals surface area contributed by atoms with Crippen LogP contribution in [0.25, 0.3) is 0 Å². The molecule has 23 heavy (non-hydrogen) atoms. The van der Waals surface area contributed by atoms with Gasteiger partial charge in [0, 0.05) is 18.7 Å². The zero-order valence-electron chi connectivity index (χ0n) is 14.2. The summed E-state index contributed by atoms with van der Waals surface area (Å²) in [7, 11) is 5.38. The zero-order valence-corrected chi connectivity index (χ0v) is 14.2. The second-order valence-corrected chi connectivity index (χ2v) is 5.66. The van der Waals surface area contributed by atoms with Gasteiger partial charge in [-0.25, -0.2) is 0 Å². The van der Waals surface area contributed by atoms with Crippen LogP contribution in [0.5, 0.6) is 5.75 Å². The number of carbonyl (C=O) groups excluding carboxylic acids is 1. The summed E-state index contributed by atoms with van der Waals surface area (Å²) in [5.41, 5.74) is 1.07. The highest BCUT2D eigenvalue weighted by atomic mass is 16.5. The van der Waals surface area contributed by atoms with Crippen molar-refractivity contribution in [3.05, 3.63) is 54.0 Å². The van der Waals surface area contributed by atoms with Crippen molar-refractivity contribution < 1.29 is 13.9 Å². The van der Waals surface area contributed by atoms with Crippen molar-refractivity contribution in [1.82, 2.24) is 9.80 Å². The van der Waals surface area contributed by atoms with Crippen LogP contribution in [0, 0.1) is 0 Å². The molecule has 0 bridgehead atoms. The summed E-state index contributed by atoms with van der Waals surface area (Å²) >= 11 is 0. The van der Waals surface area contributed by atoms with Gasteiger partial charge in [-0.05, 0) is 32.2 Å². The number of carbonyl (C=O) groups is 1. The van der Waals surface area contributed by atoms with E-state index in [1.807, 2.05) is 48.3 Å². The molecule has 5 heteroatoms. The van der Waals surface area contributed by atoms with Crippen molar-refractivity contribution in [3.63, 3.8) is 0 Å². The van der Waals surface area contributed by atoms with E-state index < -0.39 is 0 Å². The standard InChI is InChI=1S/C18H24N2O3/c1-14(16-9-5-6-10-17(16)22-4)19(2)13-18(21)20(3)12-15-8-7-11-23-15/h5-11,14H,12-13H2,1-4H3. The molecule has 0 aliphatic carbocycles. The fourth-order valence-corrected chi connectivity index (χ4v) is 2.44. The maximum Gasteiger partial charge on any atom is 0.236 e. The van der Waals surface area contributed by atoms with E-state index in [0.29, 0.717) is 13.1 Å². The van der Waals surface area contributed by atoms with Crippen LogP contribution in [0.4, 0.5) is 0 Å². The Bertz CT molecular complexity index is 625. The van der Waals surface area contributed by atoms with Crippen molar-refractivity contribution in [2.24, 2.45) is 0 Å². The molecule has 0 aliphatic rings. The molecule has 0 fully saturated rings. The number of nitrogens with zero attached hydrogens (tertiary/aromatic N) is 2. The lowest BCUT2D eigenvalue weighted by Gasteiger charge is -2.27. The van der Waals surface area contributed by atoms with Crippen LogP contribution in [-0.2, 0) is 11.3 Å². The normalized spacial score (nSPS) is 12.2. The van der Waals surface area contributed by atoms with E-state index in [9.17, 15) is 4.79 Å². The molecular weight excluding hydrogens is 292 g/mol. The SMILES string of the molecule is COc1ccccc1C(C)N(C)CC(=O)N(C)Cc1ccco1. The number of para-hydroxylation sites is 1. The van der Waals surface area contributed by atoms with Crippen LogP contribution >= 0.6 is 0 Å². The van der Waals surface area contributed by atoms with Crippen LogP contribution < -0.4 is 4.74 Å². The second kappa shape index (κ2) is 7.83. The Kier molecular flexibility index (Phi) is 5.82. The number of methoxy groups -OCH3 is 1. The van der Waals surface area contributed by atoms with Gasteiger partial charge in [-0.2, -0.15) is 0 Å². The predicted molar refractivity (Wildman–Crippen MR) is 89.2 cm³/mol. The number of rotatable bonds is 7. The Morgan fingerprint density at radius 2 is 1.96 bits per heavy atom. The first-order chi connectivity index (χ1) is 11.0. The number of ether oxygens (including phenoxy) is 1. The molecule has 124 valence electrons. The summed E-state index contributed by atoms with van der Waals surface area (Å²) in [5.74, 6) is 1.66. The first kappa shape index (κ1) is 17.1. The average molecular weight is 316 g/mol. The number of amides is 1. The number of hydrogen-bond acceptors (Lipinski definition) is 4. The van der Waals surface area contributed by atoms with Crippen molar-refractivity contribution >= 4 is 5.91 Å². The molecule has 0 aliphatic heterocycles. The predicted octanol–water partition coefficient (Wildman–Crippen LogP) is 2.94. The topological polar surface area (TPSA) is 45.9 Å². The molecule has 1 aromatic carbocycles. The van der Waals surface area contributed by atoms with Gasteiger partial charge in [-0.1, -0.05) is 18.2 Å². The van der Waals surface area contributed by atoms with Gasteiger partial charge in [0.1, 0.15) is 11.5 Å². The molecule has 1 unspecified atom stereocenters. The average Bonchev–Trinajstić information content (AvgIpc) is 3.06. The lowest BCUT2D eigenvalue weighted by atomic mass is 10.1. The molecule has 2 aromatic rings. The third-order valence-electron chi connectivity index (χ3n) is 4.03. The summed E-state index contributed by atoms with van der Waals surface area (Å²) in [6.45, 7) is 2.87. The number of hydrogen-bond donors (Lipinski definition) is 0. The van der Waals surface area contributed by atoms with E-state index in [2.05, 4.69) is 6.92 Å². The Labute approximate surface area is 137 Å². The van der Waals surface area contributed by atoms with Gasteiger partial charge < -0.3 is 14.1 Å². The molecule has 1 amide bonds. The fourth-order valence-electron chi connectivity index (χ4n) is 2.44. The molecule has 0 saturated carbocycles. The molecular formula is C18H24N2O3. The van der Waals surface area contributed by atoms with Crippen LogP contribution in [-0.4, -0.2) is 43.5 Å². The van der Waals surface area contributed by atoms with E-state index in [1.165, 1.54) is 0 Å². The minimum Gasteiger partial charge on any atom is -0.496 e. The molecule has 0 N–H and O–H groups in total. The Hall–Kier alpha value is -2.27. The lowest BCUT2D eigenvalue weighted by molar-refractivity contribution is -0.132. The third-order valence-corrected chi connectivity index (χ3v) is 4.03. The number of benzene rings is 1. The summed E-state index contributed by atoms with van der Waals surface area (Å²) < 4.78 is 10.7. The van der Waals surface area contributed by atoms with E-state index in [-0.39, 0.29) is 11.9 Å². The summed E-state index contributed by atoms with van der Waals surface area (Å²) in [4.78, 5) is 16.1. The van der Waals surface area contributed by atoms with Crippen molar-refractivity contribution in [2.45, 2.75) is 19.5 Å². The summed E-state index contributed by atoms with van der Waals surface area (Å²) in [6.07, 6.45) is 1.61. The van der Waals surface area contributed by atoms with Crippen molar-refractivity contribution in [3.8, 4) is 5.75 Å². The molecule has 5 nitrogen and oxygen atoms in total.